The first-order chi connectivity index (χ1) is 11.6. The van der Waals surface area contributed by atoms with Gasteiger partial charge in [-0.2, -0.15) is 0 Å². The van der Waals surface area contributed by atoms with Crippen molar-refractivity contribution in [2.24, 2.45) is 0 Å². The maximum atomic E-state index is 5.89. The molecule has 0 fully saturated rings. The zero-order valence-electron chi connectivity index (χ0n) is 15.0. The van der Waals surface area contributed by atoms with Crippen LogP contribution >= 0.6 is 0 Å². The molecule has 136 valence electrons. The minimum Gasteiger partial charge on any atom is -0.522 e. The molecule has 1 aromatic carbocycles. The minimum atomic E-state index is -2.66. The van der Waals surface area contributed by atoms with Gasteiger partial charge in [0.2, 0.25) is 0 Å². The minimum absolute atomic E-state index is 0.484. The highest BCUT2D eigenvalue weighted by Gasteiger charge is 2.40. The second kappa shape index (κ2) is 9.54. The Bertz CT molecular complexity index is 496. The summed E-state index contributed by atoms with van der Waals surface area (Å²) < 4.78 is 34.7. The van der Waals surface area contributed by atoms with Gasteiger partial charge >= 0.3 is 18.1 Å². The number of hydrogen-bond donors (Lipinski definition) is 0. The standard InChI is InChI=1S/C16H28O6Si2/c1-5-19-24(20-6-2,21-7-3)11-10-17-15-8-9-16-14(12-15)13-18-23(4)22-16/h8-9,12,23H,5-7,10-11,13H2,1-4H3. The van der Waals surface area contributed by atoms with Crippen LogP contribution in [0.15, 0.2) is 18.2 Å². The van der Waals surface area contributed by atoms with Gasteiger partial charge in [0, 0.05) is 25.4 Å². The second-order valence-corrected chi connectivity index (χ2v) is 9.78. The lowest BCUT2D eigenvalue weighted by molar-refractivity contribution is 0.0675. The highest BCUT2D eigenvalue weighted by molar-refractivity contribution is 6.60. The summed E-state index contributed by atoms with van der Waals surface area (Å²) in [7, 11) is -4.16. The molecule has 1 aromatic rings. The summed E-state index contributed by atoms with van der Waals surface area (Å²) in [5.74, 6) is 1.71. The lowest BCUT2D eigenvalue weighted by Crippen LogP contribution is -2.47. The van der Waals surface area contributed by atoms with E-state index in [2.05, 4.69) is 0 Å². The fraction of sp³-hybridized carbons (Fsp3) is 0.625. The van der Waals surface area contributed by atoms with Crippen molar-refractivity contribution in [2.45, 2.75) is 40.0 Å². The van der Waals surface area contributed by atoms with Crippen LogP contribution in [0.3, 0.4) is 0 Å². The van der Waals surface area contributed by atoms with Gasteiger partial charge in [-0.1, -0.05) is 0 Å². The molecule has 0 bridgehead atoms. The highest BCUT2D eigenvalue weighted by Crippen LogP contribution is 2.29. The van der Waals surface area contributed by atoms with Crippen molar-refractivity contribution < 1.29 is 26.9 Å². The quantitative estimate of drug-likeness (QED) is 0.589. The Morgan fingerprint density at radius 3 is 2.38 bits per heavy atom. The van der Waals surface area contributed by atoms with Crippen LogP contribution < -0.4 is 9.16 Å². The SMILES string of the molecule is CCO[Si](CCOc1ccc2c(c1)CO[SiH](C)O2)(OCC)OCC. The van der Waals surface area contributed by atoms with Crippen LogP contribution in [0.25, 0.3) is 0 Å². The molecule has 0 aromatic heterocycles. The number of hydrogen-bond acceptors (Lipinski definition) is 6. The normalized spacial score (nSPS) is 17.2. The predicted molar refractivity (Wildman–Crippen MR) is 95.8 cm³/mol. The fourth-order valence-corrected chi connectivity index (χ4v) is 6.01. The van der Waals surface area contributed by atoms with E-state index in [1.54, 1.807) is 0 Å². The molecule has 6 nitrogen and oxygen atoms in total. The monoisotopic (exact) mass is 372 g/mol. The first kappa shape index (κ1) is 19.4. The van der Waals surface area contributed by atoms with Gasteiger partial charge in [-0.3, -0.25) is 0 Å². The van der Waals surface area contributed by atoms with E-state index in [0.717, 1.165) is 17.1 Å². The van der Waals surface area contributed by atoms with Gasteiger partial charge in [0.05, 0.1) is 19.3 Å². The summed E-state index contributed by atoms with van der Waals surface area (Å²) >= 11 is 0. The van der Waals surface area contributed by atoms with E-state index in [1.807, 2.05) is 45.5 Å². The van der Waals surface area contributed by atoms with Gasteiger partial charge in [-0.25, -0.2) is 0 Å². The van der Waals surface area contributed by atoms with Gasteiger partial charge in [-0.05, 0) is 45.5 Å². The molecule has 0 saturated heterocycles. The van der Waals surface area contributed by atoms with Crippen molar-refractivity contribution in [1.82, 2.24) is 0 Å². The van der Waals surface area contributed by atoms with Crippen LogP contribution in [0.5, 0.6) is 11.5 Å². The predicted octanol–water partition coefficient (Wildman–Crippen LogP) is 2.87. The zero-order chi connectivity index (χ0) is 17.4. The molecule has 1 atom stereocenters. The smallest absolute Gasteiger partial charge is 0.504 e. The third kappa shape index (κ3) is 5.30. The van der Waals surface area contributed by atoms with Crippen LogP contribution in [0, 0.1) is 0 Å². The van der Waals surface area contributed by atoms with Crippen LogP contribution in [0.4, 0.5) is 0 Å². The number of fused-ring (bicyclic) bond motifs is 1. The van der Waals surface area contributed by atoms with E-state index in [0.29, 0.717) is 39.1 Å². The number of benzene rings is 1. The third-order valence-electron chi connectivity index (χ3n) is 3.57. The Morgan fingerprint density at radius 2 is 1.75 bits per heavy atom. The van der Waals surface area contributed by atoms with Crippen molar-refractivity contribution in [2.75, 3.05) is 26.4 Å². The lowest BCUT2D eigenvalue weighted by atomic mass is 10.2. The number of ether oxygens (including phenoxy) is 1. The summed E-state index contributed by atoms with van der Waals surface area (Å²) in [5.41, 5.74) is 1.03. The molecule has 2 rings (SSSR count). The summed E-state index contributed by atoms with van der Waals surface area (Å²) in [6.07, 6.45) is 0. The van der Waals surface area contributed by atoms with E-state index in [4.69, 9.17) is 26.9 Å². The van der Waals surface area contributed by atoms with Crippen molar-refractivity contribution in [3.05, 3.63) is 23.8 Å². The Kier molecular flexibility index (Phi) is 7.72. The van der Waals surface area contributed by atoms with Crippen molar-refractivity contribution in [3.63, 3.8) is 0 Å². The Morgan fingerprint density at radius 1 is 1.08 bits per heavy atom. The molecule has 1 unspecified atom stereocenters. The molecule has 0 radical (unpaired) electrons. The first-order valence-electron chi connectivity index (χ1n) is 8.58. The average molecular weight is 373 g/mol. The van der Waals surface area contributed by atoms with Crippen LogP contribution in [-0.2, 0) is 24.3 Å². The van der Waals surface area contributed by atoms with E-state index in [-0.39, 0.29) is 0 Å². The van der Waals surface area contributed by atoms with Gasteiger partial charge in [0.1, 0.15) is 11.5 Å². The molecule has 0 spiro atoms. The van der Waals surface area contributed by atoms with E-state index in [1.165, 1.54) is 0 Å². The second-order valence-electron chi connectivity index (χ2n) is 5.35. The largest absolute Gasteiger partial charge is 0.522 e. The Hall–Kier alpha value is -0.906. The van der Waals surface area contributed by atoms with Crippen molar-refractivity contribution in [1.29, 1.82) is 0 Å². The summed E-state index contributed by atoms with van der Waals surface area (Å²) in [4.78, 5) is 0. The molecule has 0 amide bonds. The maximum absolute atomic E-state index is 5.89. The summed E-state index contributed by atoms with van der Waals surface area (Å²) in [6.45, 7) is 10.7. The first-order valence-corrected chi connectivity index (χ1v) is 12.6. The third-order valence-corrected chi connectivity index (χ3v) is 7.79. The highest BCUT2D eigenvalue weighted by atomic mass is 28.4. The molecular weight excluding hydrogens is 344 g/mol. The van der Waals surface area contributed by atoms with Gasteiger partial charge in [0.15, 0.2) is 0 Å². The van der Waals surface area contributed by atoms with Gasteiger partial charge in [-0.15, -0.1) is 0 Å². The topological polar surface area (TPSA) is 55.4 Å². The maximum Gasteiger partial charge on any atom is 0.504 e. The summed E-state index contributed by atoms with van der Waals surface area (Å²) in [5, 5.41) is 0. The molecule has 1 aliphatic heterocycles. The Labute approximate surface area is 147 Å². The molecule has 0 N–H and O–H groups in total. The van der Waals surface area contributed by atoms with E-state index >= 15 is 0 Å². The zero-order valence-corrected chi connectivity index (χ0v) is 17.2. The molecular formula is C16H28O6Si2. The van der Waals surface area contributed by atoms with E-state index < -0.39 is 18.1 Å². The van der Waals surface area contributed by atoms with Crippen LogP contribution in [0.1, 0.15) is 26.3 Å². The Balaban J connectivity index is 1.94. The van der Waals surface area contributed by atoms with Crippen LogP contribution in [0.2, 0.25) is 12.6 Å². The van der Waals surface area contributed by atoms with Gasteiger partial charge < -0.3 is 26.9 Å². The lowest BCUT2D eigenvalue weighted by Gasteiger charge is -2.28. The molecule has 1 heterocycles. The van der Waals surface area contributed by atoms with E-state index in [9.17, 15) is 0 Å². The molecule has 1 aliphatic rings. The molecule has 8 heteroatoms. The molecule has 0 saturated carbocycles. The number of rotatable bonds is 10. The fourth-order valence-electron chi connectivity index (χ4n) is 2.59. The van der Waals surface area contributed by atoms with Crippen molar-refractivity contribution in [3.8, 4) is 11.5 Å². The van der Waals surface area contributed by atoms with Crippen LogP contribution in [-0.4, -0.2) is 44.5 Å². The average Bonchev–Trinajstić information content (AvgIpc) is 2.56. The summed E-state index contributed by atoms with van der Waals surface area (Å²) in [6, 6.07) is 6.48. The molecule has 0 aliphatic carbocycles. The van der Waals surface area contributed by atoms with Crippen molar-refractivity contribution >= 4 is 18.1 Å². The molecule has 24 heavy (non-hydrogen) atoms. The van der Waals surface area contributed by atoms with Gasteiger partial charge in [0.25, 0.3) is 0 Å².